The lowest BCUT2D eigenvalue weighted by molar-refractivity contribution is -0.274. The minimum atomic E-state index is -5.68. The SMILES string of the molecule is CCCCCCCC1CCC(c2c(N)cc(C(=O)O)c(-c3ccccc3)c2N)CC1.Nc1ccc(C(F)(C(F)F)C(F)(F)F)cc1. The molecular weight excluding hydrogens is 608 g/mol. The second kappa shape index (κ2) is 16.1. The molecule has 0 heterocycles. The minimum Gasteiger partial charge on any atom is -0.478 e. The quantitative estimate of drug-likeness (QED) is 0.0936. The number of carboxylic acids is 1. The normalized spacial score (nSPS) is 18.0. The lowest BCUT2D eigenvalue weighted by Gasteiger charge is -2.31. The summed E-state index contributed by atoms with van der Waals surface area (Å²) in [5.74, 6) is 0.120. The molecule has 4 rings (SSSR count). The average Bonchev–Trinajstić information content (AvgIpc) is 3.01. The molecular formula is C35H43F6N3O2. The molecule has 46 heavy (non-hydrogen) atoms. The maximum atomic E-state index is 13.4. The van der Waals surface area contributed by atoms with Crippen LogP contribution in [0, 0.1) is 5.92 Å². The first-order valence-corrected chi connectivity index (χ1v) is 15.6. The van der Waals surface area contributed by atoms with Gasteiger partial charge in [0.25, 0.3) is 12.1 Å². The van der Waals surface area contributed by atoms with E-state index >= 15 is 0 Å². The number of carboxylic acid groups (broad SMARTS) is 1. The molecule has 0 bridgehead atoms. The van der Waals surface area contributed by atoms with Crippen LogP contribution in [0.2, 0.25) is 0 Å². The van der Waals surface area contributed by atoms with Crippen LogP contribution in [0.15, 0.2) is 60.7 Å². The van der Waals surface area contributed by atoms with Crippen molar-refractivity contribution in [3.63, 3.8) is 0 Å². The van der Waals surface area contributed by atoms with Gasteiger partial charge in [0.2, 0.25) is 0 Å². The molecule has 1 aliphatic carbocycles. The number of nitrogens with two attached hydrogens (primary N) is 3. The zero-order valence-corrected chi connectivity index (χ0v) is 25.9. The Balaban J connectivity index is 0.000000304. The van der Waals surface area contributed by atoms with Gasteiger partial charge in [0.05, 0.1) is 5.56 Å². The van der Waals surface area contributed by atoms with Crippen LogP contribution in [0.3, 0.4) is 0 Å². The molecule has 1 fully saturated rings. The third kappa shape index (κ3) is 8.67. The van der Waals surface area contributed by atoms with Gasteiger partial charge in [-0.05, 0) is 61.3 Å². The maximum Gasteiger partial charge on any atom is 0.432 e. The number of rotatable bonds is 11. The van der Waals surface area contributed by atoms with E-state index in [-0.39, 0.29) is 11.3 Å². The summed E-state index contributed by atoms with van der Waals surface area (Å²) in [6.07, 6.45) is 2.71. The van der Waals surface area contributed by atoms with Crippen LogP contribution in [0.4, 0.5) is 43.4 Å². The van der Waals surface area contributed by atoms with Crippen LogP contribution in [-0.2, 0) is 5.67 Å². The first kappa shape index (κ1) is 36.6. The van der Waals surface area contributed by atoms with Crippen LogP contribution in [0.1, 0.15) is 98.5 Å². The summed E-state index contributed by atoms with van der Waals surface area (Å²) in [6.45, 7) is 2.25. The molecule has 1 saturated carbocycles. The Kier molecular flexibility index (Phi) is 12.8. The zero-order chi connectivity index (χ0) is 34.1. The molecule has 1 atom stereocenters. The number of aromatic carboxylic acids is 1. The van der Waals surface area contributed by atoms with Gasteiger partial charge in [-0.15, -0.1) is 0 Å². The summed E-state index contributed by atoms with van der Waals surface area (Å²) >= 11 is 0. The topological polar surface area (TPSA) is 115 Å². The van der Waals surface area contributed by atoms with Crippen LogP contribution >= 0.6 is 0 Å². The highest BCUT2D eigenvalue weighted by atomic mass is 19.4. The standard InChI is InChI=1S/C26H36N2O2.C9H7F6N/c1-2-3-4-5-7-10-18-13-15-20(16-14-18)24-22(27)17-21(26(29)30)23(25(24)28)19-11-8-6-9-12-19;10-7(11)8(12,9(13,14)15)5-1-3-6(16)4-2-5/h6,8-9,11-12,17-18,20H,2-5,7,10,13-16,27-28H2,1H3,(H,29,30);1-4,7H,16H2. The molecule has 252 valence electrons. The van der Waals surface area contributed by atoms with Gasteiger partial charge in [0, 0.05) is 33.8 Å². The van der Waals surface area contributed by atoms with E-state index < -0.39 is 29.8 Å². The minimum absolute atomic E-state index is 0.0579. The van der Waals surface area contributed by atoms with Crippen molar-refractivity contribution >= 4 is 23.0 Å². The Morgan fingerprint density at radius 1 is 0.870 bits per heavy atom. The predicted octanol–water partition coefficient (Wildman–Crippen LogP) is 10.1. The Bertz CT molecular complexity index is 1410. The van der Waals surface area contributed by atoms with Crippen LogP contribution in [0.5, 0.6) is 0 Å². The first-order valence-electron chi connectivity index (χ1n) is 15.6. The van der Waals surface area contributed by atoms with E-state index in [4.69, 9.17) is 17.2 Å². The Morgan fingerprint density at radius 2 is 1.46 bits per heavy atom. The van der Waals surface area contributed by atoms with Gasteiger partial charge in [-0.1, -0.05) is 87.9 Å². The molecule has 3 aromatic carbocycles. The summed E-state index contributed by atoms with van der Waals surface area (Å²) in [5, 5.41) is 9.74. The largest absolute Gasteiger partial charge is 0.478 e. The molecule has 11 heteroatoms. The van der Waals surface area contributed by atoms with E-state index in [1.807, 2.05) is 30.3 Å². The van der Waals surface area contributed by atoms with Crippen LogP contribution < -0.4 is 17.2 Å². The molecule has 0 aromatic heterocycles. The van der Waals surface area contributed by atoms with Gasteiger partial charge in [0.1, 0.15) is 0 Å². The summed E-state index contributed by atoms with van der Waals surface area (Å²) < 4.78 is 74.6. The Labute approximate surface area is 266 Å². The third-order valence-electron chi connectivity index (χ3n) is 8.75. The van der Waals surface area contributed by atoms with Gasteiger partial charge in [-0.3, -0.25) is 0 Å². The number of hydrogen-bond acceptors (Lipinski definition) is 4. The highest BCUT2D eigenvalue weighted by Crippen LogP contribution is 2.48. The fourth-order valence-electron chi connectivity index (χ4n) is 6.20. The second-order valence-electron chi connectivity index (χ2n) is 11.9. The van der Waals surface area contributed by atoms with Crippen LogP contribution in [-0.4, -0.2) is 23.7 Å². The summed E-state index contributed by atoms with van der Waals surface area (Å²) in [5.41, 5.74) is 16.0. The number of carbonyl (C=O) groups is 1. The third-order valence-corrected chi connectivity index (χ3v) is 8.75. The van der Waals surface area contributed by atoms with Crippen molar-refractivity contribution in [2.24, 2.45) is 5.92 Å². The second-order valence-corrected chi connectivity index (χ2v) is 11.9. The average molecular weight is 652 g/mol. The predicted molar refractivity (Wildman–Crippen MR) is 171 cm³/mol. The number of alkyl halides is 6. The van der Waals surface area contributed by atoms with E-state index in [0.29, 0.717) is 35.0 Å². The van der Waals surface area contributed by atoms with E-state index in [2.05, 4.69) is 6.92 Å². The number of anilines is 3. The number of nitrogen functional groups attached to an aromatic ring is 3. The summed E-state index contributed by atoms with van der Waals surface area (Å²) in [6, 6.07) is 14.2. The molecule has 1 unspecified atom stereocenters. The molecule has 0 spiro atoms. The van der Waals surface area contributed by atoms with Crippen molar-refractivity contribution in [3.05, 3.63) is 77.4 Å². The van der Waals surface area contributed by atoms with Gasteiger partial charge < -0.3 is 22.3 Å². The number of halogens is 6. The molecule has 5 nitrogen and oxygen atoms in total. The molecule has 1 aliphatic rings. The van der Waals surface area contributed by atoms with E-state index in [9.17, 15) is 36.2 Å². The van der Waals surface area contributed by atoms with E-state index in [0.717, 1.165) is 42.0 Å². The highest BCUT2D eigenvalue weighted by Gasteiger charge is 2.63. The Hall–Kier alpha value is -3.89. The zero-order valence-electron chi connectivity index (χ0n) is 25.9. The summed E-state index contributed by atoms with van der Waals surface area (Å²) in [7, 11) is 0. The molecule has 3 aromatic rings. The first-order chi connectivity index (χ1) is 21.7. The van der Waals surface area contributed by atoms with Crippen molar-refractivity contribution in [2.45, 2.75) is 95.3 Å². The van der Waals surface area contributed by atoms with Gasteiger partial charge >= 0.3 is 12.1 Å². The molecule has 0 radical (unpaired) electrons. The van der Waals surface area contributed by atoms with Crippen molar-refractivity contribution in [1.29, 1.82) is 0 Å². The van der Waals surface area contributed by atoms with Crippen molar-refractivity contribution < 1.29 is 36.2 Å². The molecule has 0 aliphatic heterocycles. The van der Waals surface area contributed by atoms with Gasteiger partial charge in [-0.25, -0.2) is 18.0 Å². The smallest absolute Gasteiger partial charge is 0.432 e. The molecule has 7 N–H and O–H groups in total. The fourth-order valence-corrected chi connectivity index (χ4v) is 6.20. The van der Waals surface area contributed by atoms with E-state index in [1.54, 1.807) is 6.07 Å². The lowest BCUT2D eigenvalue weighted by atomic mass is 9.75. The van der Waals surface area contributed by atoms with Crippen molar-refractivity contribution in [1.82, 2.24) is 0 Å². The van der Waals surface area contributed by atoms with Crippen molar-refractivity contribution in [3.8, 4) is 11.1 Å². The maximum absolute atomic E-state index is 13.4. The van der Waals surface area contributed by atoms with Gasteiger partial charge in [-0.2, -0.15) is 13.2 Å². The number of benzene rings is 3. The van der Waals surface area contributed by atoms with E-state index in [1.165, 1.54) is 51.4 Å². The van der Waals surface area contributed by atoms with Crippen molar-refractivity contribution in [2.75, 3.05) is 17.2 Å². The lowest BCUT2D eigenvalue weighted by Crippen LogP contribution is -2.44. The fraction of sp³-hybridized carbons (Fsp3) is 0.457. The molecule has 0 saturated heterocycles. The van der Waals surface area contributed by atoms with Crippen LogP contribution in [0.25, 0.3) is 11.1 Å². The Morgan fingerprint density at radius 3 is 1.98 bits per heavy atom. The summed E-state index contributed by atoms with van der Waals surface area (Å²) in [4.78, 5) is 11.9. The highest BCUT2D eigenvalue weighted by molar-refractivity contribution is 6.02. The number of hydrogen-bond donors (Lipinski definition) is 4. The monoisotopic (exact) mass is 651 g/mol. The van der Waals surface area contributed by atoms with Gasteiger partial charge in [0.15, 0.2) is 0 Å². The number of unbranched alkanes of at least 4 members (excludes halogenated alkanes) is 4. The molecule has 0 amide bonds.